The highest BCUT2D eigenvalue weighted by Gasteiger charge is 2.40. The van der Waals surface area contributed by atoms with E-state index in [9.17, 15) is 14.4 Å². The summed E-state index contributed by atoms with van der Waals surface area (Å²) in [5.74, 6) is -0.596. The van der Waals surface area contributed by atoms with Gasteiger partial charge in [-0.2, -0.15) is 4.98 Å². The number of benzene rings is 1. The van der Waals surface area contributed by atoms with Crippen LogP contribution in [0.3, 0.4) is 0 Å². The van der Waals surface area contributed by atoms with Gasteiger partial charge < -0.3 is 20.4 Å². The first-order valence-electron chi connectivity index (χ1n) is 10.1. The number of hydrogen-bond acceptors (Lipinski definition) is 6. The zero-order valence-electron chi connectivity index (χ0n) is 17.2. The fourth-order valence-electron chi connectivity index (χ4n) is 4.10. The number of hydrogen-bond donors (Lipinski definition) is 2. The van der Waals surface area contributed by atoms with Crippen molar-refractivity contribution < 1.29 is 9.59 Å². The van der Waals surface area contributed by atoms with E-state index in [1.807, 2.05) is 36.9 Å². The second kappa shape index (κ2) is 7.81. The summed E-state index contributed by atoms with van der Waals surface area (Å²) < 4.78 is 0. The standard InChI is InChI=1S/C21H26N6O3/c1-13-3-4-15(11-14(13)2)27-6-5-16(20(27)29)19(28)26-9-7-25(8-10-26)17-12-23-21(30)24-18(17)22/h3-4,11-12,16H,5-10H2,1-2H3,(H3,22,23,24,30). The van der Waals surface area contributed by atoms with Crippen molar-refractivity contribution in [1.29, 1.82) is 0 Å². The summed E-state index contributed by atoms with van der Waals surface area (Å²) in [6.45, 7) is 6.71. The molecule has 0 aliphatic carbocycles. The van der Waals surface area contributed by atoms with E-state index in [0.29, 0.717) is 44.8 Å². The van der Waals surface area contributed by atoms with Gasteiger partial charge in [0.15, 0.2) is 0 Å². The first-order chi connectivity index (χ1) is 14.3. The maximum atomic E-state index is 13.0. The average molecular weight is 410 g/mol. The van der Waals surface area contributed by atoms with E-state index in [2.05, 4.69) is 9.97 Å². The van der Waals surface area contributed by atoms with Crippen LogP contribution in [-0.2, 0) is 9.59 Å². The van der Waals surface area contributed by atoms with E-state index in [-0.39, 0.29) is 17.6 Å². The number of aromatic nitrogens is 2. The number of anilines is 3. The summed E-state index contributed by atoms with van der Waals surface area (Å²) >= 11 is 0. The fourth-order valence-corrected chi connectivity index (χ4v) is 4.10. The molecule has 2 aliphatic heterocycles. The lowest BCUT2D eigenvalue weighted by Crippen LogP contribution is -2.51. The molecule has 9 heteroatoms. The number of rotatable bonds is 3. The van der Waals surface area contributed by atoms with Crippen LogP contribution in [0.15, 0.2) is 29.2 Å². The third-order valence-electron chi connectivity index (χ3n) is 6.06. The molecule has 9 nitrogen and oxygen atoms in total. The summed E-state index contributed by atoms with van der Waals surface area (Å²) in [6, 6.07) is 5.94. The molecule has 1 aromatic heterocycles. The van der Waals surface area contributed by atoms with Crippen molar-refractivity contribution in [2.75, 3.05) is 48.3 Å². The number of carbonyl (C=O) groups excluding carboxylic acids is 2. The van der Waals surface area contributed by atoms with Crippen LogP contribution in [0.1, 0.15) is 17.5 Å². The van der Waals surface area contributed by atoms with Crippen LogP contribution >= 0.6 is 0 Å². The maximum absolute atomic E-state index is 13.0. The van der Waals surface area contributed by atoms with Crippen molar-refractivity contribution in [3.05, 3.63) is 46.0 Å². The first-order valence-corrected chi connectivity index (χ1v) is 10.1. The Bertz CT molecular complexity index is 1040. The van der Waals surface area contributed by atoms with E-state index < -0.39 is 11.6 Å². The molecule has 3 heterocycles. The number of H-pyrrole nitrogens is 1. The van der Waals surface area contributed by atoms with Crippen LogP contribution in [-0.4, -0.2) is 59.4 Å². The molecule has 0 radical (unpaired) electrons. The number of nitrogens with two attached hydrogens (primary N) is 1. The largest absolute Gasteiger partial charge is 0.383 e. The molecule has 2 aliphatic rings. The highest BCUT2D eigenvalue weighted by molar-refractivity contribution is 6.09. The van der Waals surface area contributed by atoms with Gasteiger partial charge in [-0.05, 0) is 43.5 Å². The number of amides is 2. The third-order valence-corrected chi connectivity index (χ3v) is 6.06. The number of piperazine rings is 1. The van der Waals surface area contributed by atoms with Crippen LogP contribution in [0, 0.1) is 19.8 Å². The molecule has 0 saturated carbocycles. The fraction of sp³-hybridized carbons (Fsp3) is 0.429. The van der Waals surface area contributed by atoms with Crippen molar-refractivity contribution in [2.45, 2.75) is 20.3 Å². The average Bonchev–Trinajstić information content (AvgIpc) is 3.11. The van der Waals surface area contributed by atoms with Crippen LogP contribution in [0.5, 0.6) is 0 Å². The van der Waals surface area contributed by atoms with Crippen LogP contribution in [0.4, 0.5) is 17.2 Å². The van der Waals surface area contributed by atoms with Gasteiger partial charge in [0.1, 0.15) is 11.7 Å². The van der Waals surface area contributed by atoms with Crippen molar-refractivity contribution in [2.24, 2.45) is 5.92 Å². The minimum Gasteiger partial charge on any atom is -0.383 e. The van der Waals surface area contributed by atoms with E-state index in [1.165, 1.54) is 11.8 Å². The molecule has 2 saturated heterocycles. The molecule has 3 N–H and O–H groups in total. The summed E-state index contributed by atoms with van der Waals surface area (Å²) in [4.78, 5) is 48.9. The molecule has 4 rings (SSSR count). The Morgan fingerprint density at radius 1 is 1.10 bits per heavy atom. The van der Waals surface area contributed by atoms with Gasteiger partial charge in [0.05, 0.1) is 11.9 Å². The van der Waals surface area contributed by atoms with E-state index in [0.717, 1.165) is 11.3 Å². The molecule has 2 fully saturated rings. The first kappa shape index (κ1) is 19.9. The van der Waals surface area contributed by atoms with Crippen molar-refractivity contribution in [1.82, 2.24) is 14.9 Å². The zero-order chi connectivity index (χ0) is 21.4. The summed E-state index contributed by atoms with van der Waals surface area (Å²) in [5, 5.41) is 0. The van der Waals surface area contributed by atoms with Crippen LogP contribution in [0.2, 0.25) is 0 Å². The van der Waals surface area contributed by atoms with Gasteiger partial charge in [-0.25, -0.2) is 4.79 Å². The van der Waals surface area contributed by atoms with Gasteiger partial charge >= 0.3 is 5.69 Å². The molecule has 30 heavy (non-hydrogen) atoms. The lowest BCUT2D eigenvalue weighted by Gasteiger charge is -2.37. The number of aryl methyl sites for hydroxylation is 2. The number of nitrogen functional groups attached to an aromatic ring is 1. The zero-order valence-corrected chi connectivity index (χ0v) is 17.2. The predicted molar refractivity (Wildman–Crippen MR) is 114 cm³/mol. The van der Waals surface area contributed by atoms with Gasteiger partial charge in [0.25, 0.3) is 0 Å². The lowest BCUT2D eigenvalue weighted by molar-refractivity contribution is -0.140. The molecule has 2 aromatic rings. The highest BCUT2D eigenvalue weighted by atomic mass is 16.2. The highest BCUT2D eigenvalue weighted by Crippen LogP contribution is 2.29. The molecule has 1 atom stereocenters. The van der Waals surface area contributed by atoms with Gasteiger partial charge in [0, 0.05) is 38.4 Å². The summed E-state index contributed by atoms with van der Waals surface area (Å²) in [7, 11) is 0. The second-order valence-corrected chi connectivity index (χ2v) is 7.90. The predicted octanol–water partition coefficient (Wildman–Crippen LogP) is 0.671. The maximum Gasteiger partial charge on any atom is 0.346 e. The number of nitrogens with zero attached hydrogens (tertiary/aromatic N) is 4. The molecule has 1 aromatic carbocycles. The number of carbonyl (C=O) groups is 2. The summed E-state index contributed by atoms with van der Waals surface area (Å²) in [5.41, 5.74) is 9.20. The van der Waals surface area contributed by atoms with Gasteiger partial charge in [-0.3, -0.25) is 14.6 Å². The van der Waals surface area contributed by atoms with Gasteiger partial charge in [-0.1, -0.05) is 6.07 Å². The van der Waals surface area contributed by atoms with E-state index in [4.69, 9.17) is 5.73 Å². The molecular formula is C21H26N6O3. The molecule has 0 spiro atoms. The Hall–Kier alpha value is -3.36. The smallest absolute Gasteiger partial charge is 0.346 e. The van der Waals surface area contributed by atoms with Crippen LogP contribution < -0.4 is 21.2 Å². The number of nitrogens with one attached hydrogen (secondary N) is 1. The Morgan fingerprint density at radius 3 is 2.50 bits per heavy atom. The van der Waals surface area contributed by atoms with Gasteiger partial charge in [0.2, 0.25) is 11.8 Å². The van der Waals surface area contributed by atoms with E-state index >= 15 is 0 Å². The summed E-state index contributed by atoms with van der Waals surface area (Å²) in [6.07, 6.45) is 1.98. The second-order valence-electron chi connectivity index (χ2n) is 7.90. The Morgan fingerprint density at radius 2 is 1.83 bits per heavy atom. The SMILES string of the molecule is Cc1ccc(N2CCC(C(=O)N3CCN(c4cnc(=O)[nH]c4N)CC3)C2=O)cc1C. The normalized spacial score (nSPS) is 19.5. The third kappa shape index (κ3) is 3.62. The van der Waals surface area contributed by atoms with Crippen molar-refractivity contribution in [3.63, 3.8) is 0 Å². The Balaban J connectivity index is 1.40. The lowest BCUT2D eigenvalue weighted by atomic mass is 10.1. The minimum absolute atomic E-state index is 0.112. The molecule has 0 bridgehead atoms. The molecule has 2 amide bonds. The molecule has 1 unspecified atom stereocenters. The quantitative estimate of drug-likeness (QED) is 0.719. The number of aromatic amines is 1. The monoisotopic (exact) mass is 410 g/mol. The molecular weight excluding hydrogens is 384 g/mol. The van der Waals surface area contributed by atoms with Crippen LogP contribution in [0.25, 0.3) is 0 Å². The Kier molecular flexibility index (Phi) is 5.19. The topological polar surface area (TPSA) is 116 Å². The van der Waals surface area contributed by atoms with Gasteiger partial charge in [-0.15, -0.1) is 0 Å². The minimum atomic E-state index is -0.627. The van der Waals surface area contributed by atoms with E-state index in [1.54, 1.807) is 9.80 Å². The van der Waals surface area contributed by atoms with Crippen molar-refractivity contribution in [3.8, 4) is 0 Å². The Labute approximate surface area is 174 Å². The molecule has 158 valence electrons. The van der Waals surface area contributed by atoms with Crippen molar-refractivity contribution >= 4 is 29.0 Å².